The van der Waals surface area contributed by atoms with E-state index in [1.54, 1.807) is 0 Å². The molecule has 5 nitrogen and oxygen atoms in total. The monoisotopic (exact) mass is 349 g/mol. The summed E-state index contributed by atoms with van der Waals surface area (Å²) in [7, 11) is 0. The second kappa shape index (κ2) is 9.56. The molecule has 0 spiro atoms. The van der Waals surface area contributed by atoms with Crippen molar-refractivity contribution in [3.05, 3.63) is 0 Å². The lowest BCUT2D eigenvalue weighted by Gasteiger charge is -2.36. The predicted molar refractivity (Wildman–Crippen MR) is 99.2 cm³/mol. The average molecular weight is 350 g/mol. The van der Waals surface area contributed by atoms with Gasteiger partial charge in [0.25, 0.3) is 0 Å². The molecule has 0 aromatic carbocycles. The van der Waals surface area contributed by atoms with Gasteiger partial charge in [0.1, 0.15) is 0 Å². The third kappa shape index (κ3) is 5.98. The van der Waals surface area contributed by atoms with Gasteiger partial charge in [-0.15, -0.1) is 0 Å². The summed E-state index contributed by atoms with van der Waals surface area (Å²) < 4.78 is 0. The van der Waals surface area contributed by atoms with Gasteiger partial charge in [0, 0.05) is 45.1 Å². The fraction of sp³-hybridized carbons (Fsp3) is 0.900. The quantitative estimate of drug-likeness (QED) is 0.802. The molecule has 1 atom stereocenters. The fourth-order valence-electron chi connectivity index (χ4n) is 4.71. The molecule has 0 aromatic rings. The van der Waals surface area contributed by atoms with Crippen LogP contribution in [0.3, 0.4) is 0 Å². The number of amides is 2. The summed E-state index contributed by atoms with van der Waals surface area (Å²) in [6.45, 7) is 4.82. The van der Waals surface area contributed by atoms with E-state index in [4.69, 9.17) is 0 Å². The van der Waals surface area contributed by atoms with E-state index in [1.165, 1.54) is 51.6 Å². The van der Waals surface area contributed by atoms with E-state index in [0.717, 1.165) is 38.3 Å². The van der Waals surface area contributed by atoms with E-state index >= 15 is 0 Å². The Morgan fingerprint density at radius 2 is 1.84 bits per heavy atom. The van der Waals surface area contributed by atoms with Crippen molar-refractivity contribution in [2.24, 2.45) is 5.92 Å². The second-order valence-electron chi connectivity index (χ2n) is 8.26. The van der Waals surface area contributed by atoms with Crippen LogP contribution in [0.5, 0.6) is 0 Å². The molecule has 2 heterocycles. The summed E-state index contributed by atoms with van der Waals surface area (Å²) >= 11 is 0. The lowest BCUT2D eigenvalue weighted by molar-refractivity contribution is -0.133. The van der Waals surface area contributed by atoms with Crippen LogP contribution in [-0.2, 0) is 9.59 Å². The van der Waals surface area contributed by atoms with E-state index in [-0.39, 0.29) is 11.8 Å². The molecule has 0 bridgehead atoms. The first kappa shape index (κ1) is 18.7. The number of hydrogen-bond donors (Lipinski definition) is 1. The Hall–Kier alpha value is -1.10. The maximum absolute atomic E-state index is 12.3. The molecule has 0 aromatic heterocycles. The van der Waals surface area contributed by atoms with Crippen LogP contribution in [-0.4, -0.2) is 60.4 Å². The number of nitrogens with zero attached hydrogens (tertiary/aromatic N) is 2. The molecule has 142 valence electrons. The van der Waals surface area contributed by atoms with Crippen molar-refractivity contribution in [1.82, 2.24) is 15.1 Å². The fourth-order valence-corrected chi connectivity index (χ4v) is 4.71. The smallest absolute Gasteiger partial charge is 0.222 e. The highest BCUT2D eigenvalue weighted by atomic mass is 16.2. The number of likely N-dealkylation sites (tertiary alicyclic amines) is 2. The van der Waals surface area contributed by atoms with Crippen LogP contribution < -0.4 is 5.32 Å². The maximum Gasteiger partial charge on any atom is 0.222 e. The predicted octanol–water partition coefficient (Wildman–Crippen LogP) is 2.55. The Kier molecular flexibility index (Phi) is 7.14. The Balaban J connectivity index is 1.36. The van der Waals surface area contributed by atoms with E-state index in [9.17, 15) is 9.59 Å². The van der Waals surface area contributed by atoms with E-state index in [0.29, 0.717) is 25.4 Å². The zero-order valence-electron chi connectivity index (χ0n) is 15.7. The number of carbonyl (C=O) groups excluding carboxylic acids is 2. The molecule has 5 heteroatoms. The molecule has 3 rings (SSSR count). The first-order valence-corrected chi connectivity index (χ1v) is 10.5. The van der Waals surface area contributed by atoms with Gasteiger partial charge in [-0.05, 0) is 51.0 Å². The number of nitrogens with one attached hydrogen (secondary N) is 1. The van der Waals surface area contributed by atoms with Crippen LogP contribution in [0.4, 0.5) is 0 Å². The van der Waals surface area contributed by atoms with Crippen LogP contribution in [0.15, 0.2) is 0 Å². The minimum absolute atomic E-state index is 0.114. The SMILES string of the molecule is O=C(CCN1CCCCC1=O)N[C@H]1CCCN(CC2CCCCC2)C1. The molecule has 1 saturated carbocycles. The van der Waals surface area contributed by atoms with Gasteiger partial charge in [0.05, 0.1) is 0 Å². The van der Waals surface area contributed by atoms with Gasteiger partial charge in [-0.1, -0.05) is 19.3 Å². The van der Waals surface area contributed by atoms with Crippen LogP contribution >= 0.6 is 0 Å². The van der Waals surface area contributed by atoms with Gasteiger partial charge < -0.3 is 15.1 Å². The molecule has 0 unspecified atom stereocenters. The first-order chi connectivity index (χ1) is 12.2. The molecule has 2 amide bonds. The minimum Gasteiger partial charge on any atom is -0.352 e. The number of piperidine rings is 2. The second-order valence-corrected chi connectivity index (χ2v) is 8.26. The molecule has 0 radical (unpaired) electrons. The molecule has 1 aliphatic carbocycles. The van der Waals surface area contributed by atoms with Crippen molar-refractivity contribution in [2.45, 2.75) is 76.7 Å². The van der Waals surface area contributed by atoms with Crippen molar-refractivity contribution < 1.29 is 9.59 Å². The zero-order valence-corrected chi connectivity index (χ0v) is 15.7. The summed E-state index contributed by atoms with van der Waals surface area (Å²) in [5.74, 6) is 1.20. The normalized spacial score (nSPS) is 26.6. The average Bonchev–Trinajstić information content (AvgIpc) is 2.62. The van der Waals surface area contributed by atoms with Crippen LogP contribution in [0.2, 0.25) is 0 Å². The zero-order chi connectivity index (χ0) is 17.5. The maximum atomic E-state index is 12.3. The van der Waals surface area contributed by atoms with Crippen molar-refractivity contribution in [1.29, 1.82) is 0 Å². The summed E-state index contributed by atoms with van der Waals surface area (Å²) in [6.07, 6.45) is 12.4. The van der Waals surface area contributed by atoms with Crippen molar-refractivity contribution >= 4 is 11.8 Å². The van der Waals surface area contributed by atoms with Crippen LogP contribution in [0.25, 0.3) is 0 Å². The number of hydrogen-bond acceptors (Lipinski definition) is 3. The van der Waals surface area contributed by atoms with E-state index in [1.807, 2.05) is 4.90 Å². The van der Waals surface area contributed by atoms with Crippen molar-refractivity contribution in [3.8, 4) is 0 Å². The van der Waals surface area contributed by atoms with Gasteiger partial charge in [-0.2, -0.15) is 0 Å². The Morgan fingerprint density at radius 3 is 2.64 bits per heavy atom. The molecule has 3 aliphatic rings. The van der Waals surface area contributed by atoms with Crippen LogP contribution in [0.1, 0.15) is 70.6 Å². The summed E-state index contributed by atoms with van der Waals surface area (Å²) in [5.41, 5.74) is 0. The van der Waals surface area contributed by atoms with Gasteiger partial charge >= 0.3 is 0 Å². The lowest BCUT2D eigenvalue weighted by atomic mass is 9.88. The molecular formula is C20H35N3O2. The van der Waals surface area contributed by atoms with Gasteiger partial charge in [-0.25, -0.2) is 0 Å². The van der Waals surface area contributed by atoms with E-state index in [2.05, 4.69) is 10.2 Å². The molecule has 3 fully saturated rings. The molecule has 1 N–H and O–H groups in total. The highest BCUT2D eigenvalue weighted by molar-refractivity contribution is 5.79. The van der Waals surface area contributed by atoms with Gasteiger partial charge in [0.15, 0.2) is 0 Å². The Morgan fingerprint density at radius 1 is 1.00 bits per heavy atom. The first-order valence-electron chi connectivity index (χ1n) is 10.5. The number of rotatable bonds is 6. The molecule has 25 heavy (non-hydrogen) atoms. The summed E-state index contributed by atoms with van der Waals surface area (Å²) in [5, 5.41) is 3.22. The third-order valence-corrected chi connectivity index (χ3v) is 6.14. The van der Waals surface area contributed by atoms with Gasteiger partial charge in [-0.3, -0.25) is 9.59 Å². The van der Waals surface area contributed by atoms with Crippen molar-refractivity contribution in [2.75, 3.05) is 32.7 Å². The highest BCUT2D eigenvalue weighted by Gasteiger charge is 2.25. The Labute approximate surface area is 152 Å². The Bertz CT molecular complexity index is 448. The summed E-state index contributed by atoms with van der Waals surface area (Å²) in [6, 6.07) is 0.293. The molecular weight excluding hydrogens is 314 g/mol. The summed E-state index contributed by atoms with van der Waals surface area (Å²) in [4.78, 5) is 28.5. The standard InChI is InChI=1S/C20H35N3O2/c24-19(11-14-23-13-5-4-10-20(23)25)21-18-9-6-12-22(16-18)15-17-7-2-1-3-8-17/h17-18H,1-16H2,(H,21,24)/t18-/m0/s1. The van der Waals surface area contributed by atoms with E-state index < -0.39 is 0 Å². The topological polar surface area (TPSA) is 52.7 Å². The highest BCUT2D eigenvalue weighted by Crippen LogP contribution is 2.25. The largest absolute Gasteiger partial charge is 0.352 e. The number of carbonyl (C=O) groups is 2. The van der Waals surface area contributed by atoms with Crippen LogP contribution in [0, 0.1) is 5.92 Å². The minimum atomic E-state index is 0.114. The molecule has 2 aliphatic heterocycles. The van der Waals surface area contributed by atoms with Crippen molar-refractivity contribution in [3.63, 3.8) is 0 Å². The lowest BCUT2D eigenvalue weighted by Crippen LogP contribution is -2.49. The third-order valence-electron chi connectivity index (χ3n) is 6.14. The van der Waals surface area contributed by atoms with Gasteiger partial charge in [0.2, 0.25) is 11.8 Å². The molecule has 2 saturated heterocycles.